The molecule has 1 aromatic carbocycles. The van der Waals surface area contributed by atoms with Gasteiger partial charge in [0, 0.05) is 12.6 Å². The molecule has 0 atom stereocenters. The van der Waals surface area contributed by atoms with E-state index in [4.69, 9.17) is 0 Å². The van der Waals surface area contributed by atoms with E-state index < -0.39 is 16.1 Å². The molecule has 0 saturated carbocycles. The topological polar surface area (TPSA) is 130 Å². The first-order valence-corrected chi connectivity index (χ1v) is 10.9. The minimum Gasteiger partial charge on any atom is -0.307 e. The number of urea groups is 1. The van der Waals surface area contributed by atoms with Crippen LogP contribution in [-0.2, 0) is 40.5 Å². The van der Waals surface area contributed by atoms with Crippen molar-refractivity contribution in [2.24, 2.45) is 0 Å². The summed E-state index contributed by atoms with van der Waals surface area (Å²) >= 11 is 0. The Morgan fingerprint density at radius 2 is 1.52 bits per heavy atom. The second kappa shape index (κ2) is 7.43. The van der Waals surface area contributed by atoms with E-state index in [1.165, 1.54) is 18.1 Å². The summed E-state index contributed by atoms with van der Waals surface area (Å²) in [6, 6.07) is 1.42. The van der Waals surface area contributed by atoms with Crippen molar-refractivity contribution in [2.75, 3.05) is 10.6 Å². The van der Waals surface area contributed by atoms with E-state index >= 15 is 0 Å². The summed E-state index contributed by atoms with van der Waals surface area (Å²) in [6.07, 6.45) is 7.85. The molecule has 0 bridgehead atoms. The molecule has 0 unspecified atom stereocenters. The van der Waals surface area contributed by atoms with Crippen LogP contribution in [0.2, 0.25) is 0 Å². The maximum Gasteiger partial charge on any atom is 0.333 e. The fraction of sp³-hybridized carbons (Fsp3) is 0.368. The Balaban J connectivity index is 1.52. The summed E-state index contributed by atoms with van der Waals surface area (Å²) in [5.41, 5.74) is 5.47. The van der Waals surface area contributed by atoms with E-state index in [1.807, 2.05) is 4.72 Å². The van der Waals surface area contributed by atoms with Crippen LogP contribution in [0.15, 0.2) is 23.4 Å². The zero-order chi connectivity index (χ0) is 20.6. The van der Waals surface area contributed by atoms with Gasteiger partial charge in [-0.3, -0.25) is 10.1 Å². The number of aryl methyl sites for hydroxylation is 2. The molecule has 2 aromatic rings. The number of hydrogen-bond acceptors (Lipinski definition) is 6. The zero-order valence-electron chi connectivity index (χ0n) is 15.9. The summed E-state index contributed by atoms with van der Waals surface area (Å²) in [7, 11) is -4.15. The molecular weight excluding hydrogens is 394 g/mol. The van der Waals surface area contributed by atoms with Crippen LogP contribution in [-0.4, -0.2) is 30.3 Å². The quantitative estimate of drug-likeness (QED) is 0.699. The highest BCUT2D eigenvalue weighted by Gasteiger charge is 2.26. The number of fused-ring (bicyclic) bond motifs is 2. The van der Waals surface area contributed by atoms with Gasteiger partial charge in [0.1, 0.15) is 4.90 Å². The van der Waals surface area contributed by atoms with Gasteiger partial charge in [0.15, 0.2) is 0 Å². The third-order valence-corrected chi connectivity index (χ3v) is 6.45. The lowest BCUT2D eigenvalue weighted by molar-refractivity contribution is -0.114. The van der Waals surface area contributed by atoms with Crippen LogP contribution in [0.25, 0.3) is 0 Å². The van der Waals surface area contributed by atoms with Crippen molar-refractivity contribution in [3.63, 3.8) is 0 Å². The van der Waals surface area contributed by atoms with Crippen molar-refractivity contribution in [1.29, 1.82) is 0 Å². The average molecular weight is 415 g/mol. The molecule has 0 aliphatic heterocycles. The molecule has 0 saturated heterocycles. The van der Waals surface area contributed by atoms with E-state index in [0.29, 0.717) is 0 Å². The van der Waals surface area contributed by atoms with E-state index in [1.54, 1.807) is 0 Å². The molecule has 9 nitrogen and oxygen atoms in total. The summed E-state index contributed by atoms with van der Waals surface area (Å²) in [5.74, 6) is -0.391. The van der Waals surface area contributed by atoms with Gasteiger partial charge in [0.25, 0.3) is 10.0 Å². The highest BCUT2D eigenvalue weighted by atomic mass is 32.2. The van der Waals surface area contributed by atoms with Crippen LogP contribution in [0.4, 0.5) is 16.4 Å². The van der Waals surface area contributed by atoms with Gasteiger partial charge >= 0.3 is 6.03 Å². The average Bonchev–Trinajstić information content (AvgIpc) is 3.30. The van der Waals surface area contributed by atoms with E-state index in [9.17, 15) is 18.0 Å². The number of benzene rings is 1. The number of amides is 3. The Hall–Kier alpha value is -3.01. The Bertz CT molecular complexity index is 1060. The van der Waals surface area contributed by atoms with E-state index in [2.05, 4.69) is 26.7 Å². The van der Waals surface area contributed by atoms with Crippen LogP contribution >= 0.6 is 0 Å². The number of hydrogen-bond donors (Lipinski definition) is 3. The number of aromatic nitrogens is 2. The largest absolute Gasteiger partial charge is 0.333 e. The second-order valence-electron chi connectivity index (χ2n) is 7.22. The number of sulfonamides is 1. The van der Waals surface area contributed by atoms with Crippen molar-refractivity contribution in [2.45, 2.75) is 50.3 Å². The van der Waals surface area contributed by atoms with Gasteiger partial charge in [-0.05, 0) is 60.8 Å². The number of anilines is 2. The Kier molecular flexibility index (Phi) is 4.95. The van der Waals surface area contributed by atoms with Crippen molar-refractivity contribution < 1.29 is 18.0 Å². The number of rotatable bonds is 4. The molecule has 3 N–H and O–H groups in total. The van der Waals surface area contributed by atoms with Crippen molar-refractivity contribution in [3.8, 4) is 0 Å². The van der Waals surface area contributed by atoms with Crippen molar-refractivity contribution >= 4 is 33.6 Å². The molecule has 2 aliphatic rings. The molecule has 10 heteroatoms. The Labute approximate surface area is 168 Å². The van der Waals surface area contributed by atoms with Gasteiger partial charge in [-0.2, -0.15) is 0 Å². The lowest BCUT2D eigenvalue weighted by Gasteiger charge is -2.16. The summed E-state index contributed by atoms with van der Waals surface area (Å²) < 4.78 is 27.0. The normalized spacial score (nSPS) is 14.8. The minimum atomic E-state index is -4.15. The highest BCUT2D eigenvalue weighted by molar-refractivity contribution is 7.90. The smallest absolute Gasteiger partial charge is 0.307 e. The van der Waals surface area contributed by atoms with Crippen LogP contribution in [0.1, 0.15) is 42.0 Å². The van der Waals surface area contributed by atoms with Gasteiger partial charge in [-0.15, -0.1) is 0 Å². The van der Waals surface area contributed by atoms with Gasteiger partial charge in [0.2, 0.25) is 11.9 Å². The van der Waals surface area contributed by atoms with Gasteiger partial charge in [0.05, 0.1) is 12.4 Å². The molecular formula is C19H21N5O4S. The Morgan fingerprint density at radius 3 is 2.07 bits per heavy atom. The number of nitrogens with one attached hydrogen (secondary N) is 3. The van der Waals surface area contributed by atoms with Crippen molar-refractivity contribution in [3.05, 3.63) is 40.7 Å². The molecule has 1 heterocycles. The lowest BCUT2D eigenvalue weighted by Crippen LogP contribution is -2.35. The first-order valence-electron chi connectivity index (χ1n) is 9.43. The minimum absolute atomic E-state index is 0.0173. The maximum absolute atomic E-state index is 12.5. The SMILES string of the molecule is CC(=O)Nc1ncc(S(=O)(=O)NC(=O)Nc2c3c(cc4c2CCC4)CCC3)cn1. The molecule has 152 valence electrons. The molecule has 2 aliphatic carbocycles. The number of carbonyl (C=O) groups is 2. The second-order valence-corrected chi connectivity index (χ2v) is 8.90. The maximum atomic E-state index is 12.5. The van der Waals surface area contributed by atoms with Crippen LogP contribution in [0.3, 0.4) is 0 Å². The molecule has 29 heavy (non-hydrogen) atoms. The standard InChI is InChI=1S/C19H21N5O4S/c1-11(25)22-18-20-9-14(10-21-18)29(27,28)24-19(26)23-17-15-6-2-4-12(15)8-13-5-3-7-16(13)17/h8-10H,2-7H2,1H3,(H2,23,24,26)(H,20,21,22,25). The third kappa shape index (κ3) is 3.93. The Morgan fingerprint density at radius 1 is 0.931 bits per heavy atom. The number of carbonyl (C=O) groups excluding carboxylic acids is 2. The fourth-order valence-electron chi connectivity index (χ4n) is 3.96. The first kappa shape index (κ1) is 19.3. The van der Waals surface area contributed by atoms with E-state index in [0.717, 1.165) is 67.7 Å². The molecule has 4 rings (SSSR count). The van der Waals surface area contributed by atoms with Crippen LogP contribution in [0.5, 0.6) is 0 Å². The van der Waals surface area contributed by atoms with Crippen molar-refractivity contribution in [1.82, 2.24) is 14.7 Å². The molecule has 0 radical (unpaired) electrons. The molecule has 3 amide bonds. The van der Waals surface area contributed by atoms with Crippen LogP contribution < -0.4 is 15.4 Å². The van der Waals surface area contributed by atoms with Gasteiger partial charge in [-0.25, -0.2) is 27.9 Å². The summed E-state index contributed by atoms with van der Waals surface area (Å²) in [5, 5.41) is 5.13. The summed E-state index contributed by atoms with van der Waals surface area (Å²) in [6.45, 7) is 1.29. The fourth-order valence-corrected chi connectivity index (χ4v) is 4.76. The molecule has 0 fully saturated rings. The predicted octanol–water partition coefficient (Wildman–Crippen LogP) is 1.92. The molecule has 0 spiro atoms. The first-order chi connectivity index (χ1) is 13.8. The number of nitrogens with zero attached hydrogens (tertiary/aromatic N) is 2. The van der Waals surface area contributed by atoms with E-state index in [-0.39, 0.29) is 16.8 Å². The third-order valence-electron chi connectivity index (χ3n) is 5.16. The lowest BCUT2D eigenvalue weighted by atomic mass is 9.99. The summed E-state index contributed by atoms with van der Waals surface area (Å²) in [4.78, 5) is 30.8. The predicted molar refractivity (Wildman–Crippen MR) is 106 cm³/mol. The zero-order valence-corrected chi connectivity index (χ0v) is 16.7. The molecule has 1 aromatic heterocycles. The van der Waals surface area contributed by atoms with Gasteiger partial charge in [-0.1, -0.05) is 6.07 Å². The monoisotopic (exact) mass is 415 g/mol. The van der Waals surface area contributed by atoms with Gasteiger partial charge < -0.3 is 5.32 Å². The van der Waals surface area contributed by atoms with Crippen LogP contribution in [0, 0.1) is 0 Å². The highest BCUT2D eigenvalue weighted by Crippen LogP contribution is 2.38.